The molecule has 33 heavy (non-hydrogen) atoms. The zero-order valence-electron chi connectivity index (χ0n) is 17.2. The number of thiazole rings is 1. The number of aromatic nitrogens is 3. The molecule has 5 rings (SSSR count). The van der Waals surface area contributed by atoms with Gasteiger partial charge in [-0.05, 0) is 36.6 Å². The number of alkyl halides is 3. The molecule has 3 heterocycles. The number of carbonyl (C=O) groups excluding carboxylic acids is 1. The Kier molecular flexibility index (Phi) is 4.91. The van der Waals surface area contributed by atoms with Gasteiger partial charge in [0.1, 0.15) is 27.8 Å². The van der Waals surface area contributed by atoms with E-state index < -0.39 is 23.2 Å². The third-order valence-electron chi connectivity index (χ3n) is 5.81. The Morgan fingerprint density at radius 3 is 2.55 bits per heavy atom. The summed E-state index contributed by atoms with van der Waals surface area (Å²) < 4.78 is 47.9. The average molecular weight is 474 g/mol. The van der Waals surface area contributed by atoms with Crippen molar-refractivity contribution in [2.45, 2.75) is 24.4 Å². The van der Waals surface area contributed by atoms with Crippen LogP contribution in [0.2, 0.25) is 0 Å². The van der Waals surface area contributed by atoms with E-state index in [1.165, 1.54) is 35.1 Å². The molecule has 4 aromatic rings. The number of hydroxylamine groups is 1. The standard InChI is InChI=1S/C22H17F3N4O3S/c1-32-14-6-9-29-16(10-14)27-18(22(23,24)25)17(29)15-11-33-20(26-15)21(7-8-21)13-4-2-12(3-5-13)19(30)28-31/h2-6,9-11,31H,7-8H2,1H3,(H,28,30). The van der Waals surface area contributed by atoms with Gasteiger partial charge in [0.05, 0.1) is 7.11 Å². The molecule has 11 heteroatoms. The molecule has 0 spiro atoms. The maximum absolute atomic E-state index is 13.8. The van der Waals surface area contributed by atoms with Crippen molar-refractivity contribution in [3.05, 3.63) is 69.8 Å². The summed E-state index contributed by atoms with van der Waals surface area (Å²) in [7, 11) is 1.44. The molecule has 1 aliphatic carbocycles. The van der Waals surface area contributed by atoms with Crippen molar-refractivity contribution in [2.75, 3.05) is 7.11 Å². The van der Waals surface area contributed by atoms with Crippen molar-refractivity contribution in [1.29, 1.82) is 0 Å². The zero-order chi connectivity index (χ0) is 23.4. The molecule has 0 radical (unpaired) electrons. The Balaban J connectivity index is 1.57. The van der Waals surface area contributed by atoms with Crippen molar-refractivity contribution < 1.29 is 27.9 Å². The number of pyridine rings is 1. The molecular formula is C22H17F3N4O3S. The smallest absolute Gasteiger partial charge is 0.435 e. The largest absolute Gasteiger partial charge is 0.497 e. The Morgan fingerprint density at radius 2 is 1.94 bits per heavy atom. The highest BCUT2D eigenvalue weighted by Gasteiger charge is 2.49. The molecule has 2 N–H and O–H groups in total. The van der Waals surface area contributed by atoms with Gasteiger partial charge < -0.3 is 4.74 Å². The fourth-order valence-electron chi connectivity index (χ4n) is 3.95. The fourth-order valence-corrected chi connectivity index (χ4v) is 5.04. The number of fused-ring (bicyclic) bond motifs is 1. The van der Waals surface area contributed by atoms with Gasteiger partial charge in [-0.2, -0.15) is 13.2 Å². The molecule has 1 aliphatic rings. The number of hydrogen-bond acceptors (Lipinski definition) is 6. The van der Waals surface area contributed by atoms with Gasteiger partial charge in [0.15, 0.2) is 5.69 Å². The van der Waals surface area contributed by atoms with Gasteiger partial charge in [-0.1, -0.05) is 12.1 Å². The topological polar surface area (TPSA) is 88.8 Å². The SMILES string of the molecule is COc1ccn2c(-c3csc(C4(c5ccc(C(=O)NO)cc5)CC4)n3)c(C(F)(F)F)nc2c1. The number of hydrogen-bond donors (Lipinski definition) is 2. The number of methoxy groups -OCH3 is 1. The van der Waals surface area contributed by atoms with Crippen LogP contribution in [0.5, 0.6) is 5.75 Å². The average Bonchev–Trinajstić information content (AvgIpc) is 3.30. The first-order chi connectivity index (χ1) is 15.8. The minimum Gasteiger partial charge on any atom is -0.497 e. The van der Waals surface area contributed by atoms with Gasteiger partial charge in [-0.3, -0.25) is 14.4 Å². The van der Waals surface area contributed by atoms with E-state index in [0.717, 1.165) is 18.4 Å². The second-order valence-electron chi connectivity index (χ2n) is 7.74. The molecule has 170 valence electrons. The highest BCUT2D eigenvalue weighted by atomic mass is 32.1. The maximum atomic E-state index is 13.8. The van der Waals surface area contributed by atoms with E-state index in [4.69, 9.17) is 9.94 Å². The summed E-state index contributed by atoms with van der Waals surface area (Å²) >= 11 is 1.30. The predicted molar refractivity (Wildman–Crippen MR) is 114 cm³/mol. The van der Waals surface area contributed by atoms with Gasteiger partial charge in [0, 0.05) is 28.6 Å². The van der Waals surface area contributed by atoms with Crippen LogP contribution in [0.1, 0.15) is 39.5 Å². The Hall–Kier alpha value is -3.44. The normalized spacial score (nSPS) is 14.9. The van der Waals surface area contributed by atoms with E-state index in [0.29, 0.717) is 16.3 Å². The van der Waals surface area contributed by atoms with Crippen molar-refractivity contribution in [3.63, 3.8) is 0 Å². The first-order valence-electron chi connectivity index (χ1n) is 9.91. The molecule has 1 aromatic carbocycles. The molecule has 0 atom stereocenters. The lowest BCUT2D eigenvalue weighted by atomic mass is 9.95. The van der Waals surface area contributed by atoms with Crippen molar-refractivity contribution >= 4 is 22.9 Å². The third kappa shape index (κ3) is 3.53. The summed E-state index contributed by atoms with van der Waals surface area (Å²) in [6.07, 6.45) is -1.58. The highest BCUT2D eigenvalue weighted by Crippen LogP contribution is 2.55. The lowest BCUT2D eigenvalue weighted by molar-refractivity contribution is -0.140. The van der Waals surface area contributed by atoms with Gasteiger partial charge in [0.25, 0.3) is 5.91 Å². The minimum absolute atomic E-state index is 0.116. The number of halogens is 3. The molecular weight excluding hydrogens is 457 g/mol. The van der Waals surface area contributed by atoms with Crippen LogP contribution in [-0.2, 0) is 11.6 Å². The van der Waals surface area contributed by atoms with Gasteiger partial charge in [-0.25, -0.2) is 15.4 Å². The van der Waals surface area contributed by atoms with Crippen molar-refractivity contribution in [2.24, 2.45) is 0 Å². The first kappa shape index (κ1) is 21.4. The van der Waals surface area contributed by atoms with E-state index in [9.17, 15) is 18.0 Å². The Bertz CT molecular complexity index is 1360. The van der Waals surface area contributed by atoms with Crippen LogP contribution < -0.4 is 10.2 Å². The van der Waals surface area contributed by atoms with E-state index in [1.807, 2.05) is 0 Å². The summed E-state index contributed by atoms with van der Waals surface area (Å²) in [6, 6.07) is 9.75. The molecule has 0 aliphatic heterocycles. The molecule has 0 saturated heterocycles. The molecule has 1 fully saturated rings. The van der Waals surface area contributed by atoms with E-state index in [-0.39, 0.29) is 17.0 Å². The van der Waals surface area contributed by atoms with Crippen LogP contribution in [0, 0.1) is 0 Å². The van der Waals surface area contributed by atoms with Crippen LogP contribution in [0.15, 0.2) is 48.0 Å². The molecule has 3 aromatic heterocycles. The maximum Gasteiger partial charge on any atom is 0.435 e. The van der Waals surface area contributed by atoms with E-state index in [2.05, 4.69) is 9.97 Å². The lowest BCUT2D eigenvalue weighted by Gasteiger charge is -2.13. The summed E-state index contributed by atoms with van der Waals surface area (Å²) in [5.41, 5.74) is 1.59. The summed E-state index contributed by atoms with van der Waals surface area (Å²) in [6.45, 7) is 0. The van der Waals surface area contributed by atoms with Crippen LogP contribution >= 0.6 is 11.3 Å². The molecule has 1 saturated carbocycles. The van der Waals surface area contributed by atoms with Gasteiger partial charge in [0.2, 0.25) is 0 Å². The predicted octanol–water partition coefficient (Wildman–Crippen LogP) is 4.68. The summed E-state index contributed by atoms with van der Waals surface area (Å²) in [5, 5.41) is 11.1. The molecule has 0 unspecified atom stereocenters. The third-order valence-corrected chi connectivity index (χ3v) is 6.86. The zero-order valence-corrected chi connectivity index (χ0v) is 18.0. The number of nitrogens with zero attached hydrogens (tertiary/aromatic N) is 3. The van der Waals surface area contributed by atoms with E-state index in [1.54, 1.807) is 41.2 Å². The minimum atomic E-state index is -4.65. The number of ether oxygens (including phenoxy) is 1. The van der Waals surface area contributed by atoms with Crippen molar-refractivity contribution in [3.8, 4) is 17.1 Å². The lowest BCUT2D eigenvalue weighted by Crippen LogP contribution is -2.18. The van der Waals surface area contributed by atoms with E-state index >= 15 is 0 Å². The molecule has 7 nitrogen and oxygen atoms in total. The second-order valence-corrected chi connectivity index (χ2v) is 8.60. The first-order valence-corrected chi connectivity index (χ1v) is 10.8. The van der Waals surface area contributed by atoms with Crippen LogP contribution in [0.25, 0.3) is 17.0 Å². The molecule has 0 bridgehead atoms. The number of amides is 1. The summed E-state index contributed by atoms with van der Waals surface area (Å²) in [5.74, 6) is -0.214. The quantitative estimate of drug-likeness (QED) is 0.324. The summed E-state index contributed by atoms with van der Waals surface area (Å²) in [4.78, 5) is 20.0. The van der Waals surface area contributed by atoms with Gasteiger partial charge >= 0.3 is 6.18 Å². The molecule has 1 amide bonds. The fraction of sp³-hybridized carbons (Fsp3) is 0.227. The van der Waals surface area contributed by atoms with Crippen LogP contribution in [-0.4, -0.2) is 32.6 Å². The number of nitrogens with one attached hydrogen (secondary N) is 1. The Labute approximate surface area is 189 Å². The Morgan fingerprint density at radius 1 is 1.21 bits per heavy atom. The van der Waals surface area contributed by atoms with Crippen LogP contribution in [0.3, 0.4) is 0 Å². The van der Waals surface area contributed by atoms with Crippen molar-refractivity contribution in [1.82, 2.24) is 19.8 Å². The number of imidazole rings is 1. The number of rotatable bonds is 5. The van der Waals surface area contributed by atoms with Gasteiger partial charge in [-0.15, -0.1) is 11.3 Å². The monoisotopic (exact) mass is 474 g/mol. The van der Waals surface area contributed by atoms with Crippen LogP contribution in [0.4, 0.5) is 13.2 Å². The highest BCUT2D eigenvalue weighted by molar-refractivity contribution is 7.10. The number of carbonyl (C=O) groups is 1. The number of benzene rings is 1. The second kappa shape index (κ2) is 7.56.